The van der Waals surface area contributed by atoms with Crippen LogP contribution in [0.15, 0.2) is 35.5 Å². The van der Waals surface area contributed by atoms with E-state index in [0.29, 0.717) is 5.95 Å². The summed E-state index contributed by atoms with van der Waals surface area (Å²) in [5.74, 6) is -0.187. The summed E-state index contributed by atoms with van der Waals surface area (Å²) in [5.41, 5.74) is 0.219. The molecule has 0 spiro atoms. The van der Waals surface area contributed by atoms with Gasteiger partial charge in [-0.1, -0.05) is 0 Å². The molecule has 1 saturated heterocycles. The zero-order chi connectivity index (χ0) is 17.9. The molecule has 0 aliphatic carbocycles. The van der Waals surface area contributed by atoms with Crippen LogP contribution in [0.2, 0.25) is 0 Å². The number of ether oxygens (including phenoxy) is 1. The van der Waals surface area contributed by atoms with E-state index in [9.17, 15) is 12.8 Å². The predicted octanol–water partition coefficient (Wildman–Crippen LogP) is 2.42. The largest absolute Gasteiger partial charge is 0.494 e. The Morgan fingerprint density at radius 2 is 1.84 bits per heavy atom. The van der Waals surface area contributed by atoms with Gasteiger partial charge in [-0.3, -0.25) is 4.72 Å². The van der Waals surface area contributed by atoms with E-state index in [1.165, 1.54) is 38.1 Å². The normalized spacial score (nSPS) is 15.0. The number of benzene rings is 1. The van der Waals surface area contributed by atoms with Crippen molar-refractivity contribution in [1.29, 1.82) is 0 Å². The van der Waals surface area contributed by atoms with E-state index in [-0.39, 0.29) is 16.3 Å². The van der Waals surface area contributed by atoms with Gasteiger partial charge in [0.1, 0.15) is 0 Å². The number of nitrogens with zero attached hydrogens (tertiary/aromatic N) is 3. The van der Waals surface area contributed by atoms with Crippen LogP contribution in [0.25, 0.3) is 0 Å². The minimum atomic E-state index is -3.94. The van der Waals surface area contributed by atoms with Gasteiger partial charge in [0, 0.05) is 13.1 Å². The van der Waals surface area contributed by atoms with Crippen LogP contribution in [-0.4, -0.2) is 38.6 Å². The van der Waals surface area contributed by atoms with Gasteiger partial charge in [0.15, 0.2) is 11.6 Å². The zero-order valence-corrected chi connectivity index (χ0v) is 14.6. The maximum atomic E-state index is 13.7. The van der Waals surface area contributed by atoms with Gasteiger partial charge in [-0.2, -0.15) is 0 Å². The molecule has 0 unspecified atom stereocenters. The smallest absolute Gasteiger partial charge is 0.262 e. The Morgan fingerprint density at radius 3 is 2.44 bits per heavy atom. The Morgan fingerprint density at radius 1 is 1.16 bits per heavy atom. The van der Waals surface area contributed by atoms with Crippen LogP contribution in [0.3, 0.4) is 0 Å². The number of aromatic nitrogens is 2. The highest BCUT2D eigenvalue weighted by atomic mass is 32.2. The molecule has 1 aliphatic heterocycles. The van der Waals surface area contributed by atoms with Crippen LogP contribution in [0, 0.1) is 5.82 Å². The number of sulfonamides is 1. The minimum Gasteiger partial charge on any atom is -0.494 e. The Balaban J connectivity index is 1.75. The SMILES string of the molecule is COc1ccc(S(=O)(=O)Nc2cnc(N3CCCCC3)nc2)cc1F. The van der Waals surface area contributed by atoms with Crippen molar-refractivity contribution in [2.75, 3.05) is 29.8 Å². The van der Waals surface area contributed by atoms with E-state index in [1.54, 1.807) is 0 Å². The number of anilines is 2. The average Bonchev–Trinajstić information content (AvgIpc) is 2.62. The molecule has 7 nitrogen and oxygen atoms in total. The van der Waals surface area contributed by atoms with Gasteiger partial charge in [0.05, 0.1) is 30.1 Å². The molecule has 0 amide bonds. The monoisotopic (exact) mass is 366 g/mol. The highest BCUT2D eigenvalue weighted by Crippen LogP contribution is 2.23. The second kappa shape index (κ2) is 7.22. The van der Waals surface area contributed by atoms with Crippen LogP contribution < -0.4 is 14.4 Å². The topological polar surface area (TPSA) is 84.4 Å². The molecule has 2 heterocycles. The van der Waals surface area contributed by atoms with Crippen molar-refractivity contribution < 1.29 is 17.5 Å². The number of piperidine rings is 1. The molecule has 1 aromatic heterocycles. The molecule has 1 fully saturated rings. The standard InChI is InChI=1S/C16H19FN4O3S/c1-24-15-6-5-13(9-14(15)17)25(22,23)20-12-10-18-16(19-11-12)21-7-3-2-4-8-21/h5-6,9-11,20H,2-4,7-8H2,1H3. The Labute approximate surface area is 145 Å². The van der Waals surface area contributed by atoms with Crippen molar-refractivity contribution in [2.24, 2.45) is 0 Å². The van der Waals surface area contributed by atoms with E-state index in [4.69, 9.17) is 4.74 Å². The van der Waals surface area contributed by atoms with Crippen molar-refractivity contribution in [3.05, 3.63) is 36.4 Å². The molecule has 2 aromatic rings. The van der Waals surface area contributed by atoms with Crippen molar-refractivity contribution in [3.8, 4) is 5.75 Å². The molecule has 9 heteroatoms. The van der Waals surface area contributed by atoms with Gasteiger partial charge in [0.2, 0.25) is 5.95 Å². The van der Waals surface area contributed by atoms with E-state index in [2.05, 4.69) is 19.6 Å². The Kier molecular flexibility index (Phi) is 5.03. The number of hydrogen-bond acceptors (Lipinski definition) is 6. The second-order valence-electron chi connectivity index (χ2n) is 5.72. The van der Waals surface area contributed by atoms with Crippen LogP contribution in [0.5, 0.6) is 5.75 Å². The molecule has 3 rings (SSSR count). The van der Waals surface area contributed by atoms with Crippen molar-refractivity contribution in [1.82, 2.24) is 9.97 Å². The molecule has 1 N–H and O–H groups in total. The summed E-state index contributed by atoms with van der Waals surface area (Å²) in [6.07, 6.45) is 6.22. The second-order valence-corrected chi connectivity index (χ2v) is 7.40. The van der Waals surface area contributed by atoms with Gasteiger partial charge < -0.3 is 9.64 Å². The lowest BCUT2D eigenvalue weighted by Crippen LogP contribution is -2.30. The lowest BCUT2D eigenvalue weighted by atomic mass is 10.1. The van der Waals surface area contributed by atoms with E-state index >= 15 is 0 Å². The number of methoxy groups -OCH3 is 1. The number of rotatable bonds is 5. The molecular formula is C16H19FN4O3S. The zero-order valence-electron chi connectivity index (χ0n) is 13.8. The summed E-state index contributed by atoms with van der Waals surface area (Å²) in [5, 5.41) is 0. The first-order valence-electron chi connectivity index (χ1n) is 7.93. The number of halogens is 1. The highest BCUT2D eigenvalue weighted by Gasteiger charge is 2.18. The highest BCUT2D eigenvalue weighted by molar-refractivity contribution is 7.92. The van der Waals surface area contributed by atoms with Crippen molar-refractivity contribution in [3.63, 3.8) is 0 Å². The first-order valence-corrected chi connectivity index (χ1v) is 9.41. The van der Waals surface area contributed by atoms with Gasteiger partial charge in [0.25, 0.3) is 10.0 Å². The van der Waals surface area contributed by atoms with Crippen molar-refractivity contribution in [2.45, 2.75) is 24.2 Å². The lowest BCUT2D eigenvalue weighted by molar-refractivity contribution is 0.385. The van der Waals surface area contributed by atoms with E-state index in [0.717, 1.165) is 32.0 Å². The molecule has 134 valence electrons. The van der Waals surface area contributed by atoms with E-state index < -0.39 is 15.8 Å². The summed E-state index contributed by atoms with van der Waals surface area (Å²) >= 11 is 0. The summed E-state index contributed by atoms with van der Waals surface area (Å²) in [6.45, 7) is 1.80. The molecule has 0 bridgehead atoms. The maximum absolute atomic E-state index is 13.7. The van der Waals surface area contributed by atoms with Crippen molar-refractivity contribution >= 4 is 21.7 Å². The number of nitrogens with one attached hydrogen (secondary N) is 1. The summed E-state index contributed by atoms with van der Waals surface area (Å²) < 4.78 is 45.6. The van der Waals surface area contributed by atoms with Crippen LogP contribution in [0.1, 0.15) is 19.3 Å². The summed E-state index contributed by atoms with van der Waals surface area (Å²) in [7, 11) is -2.63. The third-order valence-electron chi connectivity index (χ3n) is 3.96. The summed E-state index contributed by atoms with van der Waals surface area (Å²) in [4.78, 5) is 10.3. The Hall–Kier alpha value is -2.42. The quantitative estimate of drug-likeness (QED) is 0.875. The molecule has 25 heavy (non-hydrogen) atoms. The molecule has 1 aliphatic rings. The minimum absolute atomic E-state index is 0.0202. The fourth-order valence-corrected chi connectivity index (χ4v) is 3.70. The van der Waals surface area contributed by atoms with Gasteiger partial charge in [-0.15, -0.1) is 0 Å². The summed E-state index contributed by atoms with van der Waals surface area (Å²) in [6, 6.07) is 3.44. The fraction of sp³-hybridized carbons (Fsp3) is 0.375. The molecule has 0 saturated carbocycles. The van der Waals surface area contributed by atoms with Gasteiger partial charge in [-0.25, -0.2) is 22.8 Å². The third-order valence-corrected chi connectivity index (χ3v) is 5.34. The lowest BCUT2D eigenvalue weighted by Gasteiger charge is -2.26. The first kappa shape index (κ1) is 17.4. The van der Waals surface area contributed by atoms with Crippen LogP contribution in [0.4, 0.5) is 16.0 Å². The van der Waals surface area contributed by atoms with Crippen LogP contribution >= 0.6 is 0 Å². The Bertz CT molecular complexity index is 837. The third kappa shape index (κ3) is 3.98. The van der Waals surface area contributed by atoms with Gasteiger partial charge >= 0.3 is 0 Å². The maximum Gasteiger partial charge on any atom is 0.262 e. The molecule has 0 atom stereocenters. The molecule has 1 aromatic carbocycles. The molecule has 0 radical (unpaired) electrons. The average molecular weight is 366 g/mol. The molecular weight excluding hydrogens is 347 g/mol. The van der Waals surface area contributed by atoms with Crippen LogP contribution in [-0.2, 0) is 10.0 Å². The number of hydrogen-bond donors (Lipinski definition) is 1. The van der Waals surface area contributed by atoms with E-state index in [1.807, 2.05) is 0 Å². The van der Waals surface area contributed by atoms with Gasteiger partial charge in [-0.05, 0) is 37.5 Å². The predicted molar refractivity (Wildman–Crippen MR) is 91.9 cm³/mol. The fourth-order valence-electron chi connectivity index (χ4n) is 2.66. The first-order chi connectivity index (χ1) is 12.0.